The number of aromatic nitrogens is 2. The van der Waals surface area contributed by atoms with Gasteiger partial charge in [-0.05, 0) is 86.7 Å². The predicted octanol–water partition coefficient (Wildman–Crippen LogP) is 3.63. The van der Waals surface area contributed by atoms with Crippen LogP contribution in [-0.2, 0) is 0 Å². The molecule has 3 heterocycles. The third-order valence-corrected chi connectivity index (χ3v) is 8.98. The Labute approximate surface area is 165 Å². The van der Waals surface area contributed by atoms with E-state index in [2.05, 4.69) is 14.6 Å². The molecule has 1 N–H and O–H groups in total. The number of hydrogen-bond acceptors (Lipinski definition) is 3. The second kappa shape index (κ2) is 5.11. The smallest absolute Gasteiger partial charge is 0.272 e. The zero-order chi connectivity index (χ0) is 18.5. The zero-order valence-corrected chi connectivity index (χ0v) is 16.4. The van der Waals surface area contributed by atoms with Crippen LogP contribution in [-0.4, -0.2) is 33.9 Å². The van der Waals surface area contributed by atoms with Gasteiger partial charge in [-0.2, -0.15) is 0 Å². The Morgan fingerprint density at radius 3 is 2.89 bits per heavy atom. The Morgan fingerprint density at radius 2 is 2.00 bits per heavy atom. The van der Waals surface area contributed by atoms with E-state index in [1.165, 1.54) is 51.4 Å². The van der Waals surface area contributed by atoms with E-state index in [-0.39, 0.29) is 11.4 Å². The van der Waals surface area contributed by atoms with E-state index in [1.54, 1.807) is 0 Å². The van der Waals surface area contributed by atoms with Crippen LogP contribution in [0.4, 0.5) is 5.95 Å². The first-order valence-electron chi connectivity index (χ1n) is 11.2. The molecule has 28 heavy (non-hydrogen) atoms. The summed E-state index contributed by atoms with van der Waals surface area (Å²) in [6, 6.07) is 6.08. The largest absolute Gasteiger partial charge is 0.345 e. The fourth-order valence-electron chi connectivity index (χ4n) is 8.13. The lowest BCUT2D eigenvalue weighted by Crippen LogP contribution is -2.50. The van der Waals surface area contributed by atoms with E-state index < -0.39 is 0 Å². The molecule has 1 saturated heterocycles. The summed E-state index contributed by atoms with van der Waals surface area (Å²) in [5.41, 5.74) is 2.18. The lowest BCUT2D eigenvalue weighted by atomic mass is 9.56. The van der Waals surface area contributed by atoms with Crippen LogP contribution < -0.4 is 10.2 Å². The highest BCUT2D eigenvalue weighted by atomic mass is 16.2. The molecule has 2 aromatic rings. The number of anilines is 1. The maximum atomic E-state index is 13.5. The van der Waals surface area contributed by atoms with Crippen molar-refractivity contribution in [3.05, 3.63) is 30.1 Å². The Hall–Kier alpha value is -2.04. The topological polar surface area (TPSA) is 49.6 Å². The number of amides is 1. The van der Waals surface area contributed by atoms with Gasteiger partial charge in [0.15, 0.2) is 5.69 Å². The summed E-state index contributed by atoms with van der Waals surface area (Å²) in [7, 11) is 0. The van der Waals surface area contributed by atoms with Gasteiger partial charge in [0, 0.05) is 24.8 Å². The van der Waals surface area contributed by atoms with Gasteiger partial charge >= 0.3 is 0 Å². The van der Waals surface area contributed by atoms with Crippen molar-refractivity contribution in [1.82, 2.24) is 14.7 Å². The molecule has 0 aromatic carbocycles. The van der Waals surface area contributed by atoms with Crippen molar-refractivity contribution in [3.8, 4) is 0 Å². The van der Waals surface area contributed by atoms with Crippen LogP contribution in [0.2, 0.25) is 0 Å². The average Bonchev–Trinajstić information content (AvgIpc) is 3.40. The number of imidazole rings is 1. The minimum atomic E-state index is 0.0362. The molecule has 5 heteroatoms. The first kappa shape index (κ1) is 15.8. The zero-order valence-electron chi connectivity index (χ0n) is 16.4. The van der Waals surface area contributed by atoms with Crippen LogP contribution in [0.5, 0.6) is 0 Å². The number of carbonyl (C=O) groups excluding carboxylic acids is 1. The van der Waals surface area contributed by atoms with E-state index in [4.69, 9.17) is 4.98 Å². The molecule has 146 valence electrons. The number of nitrogens with one attached hydrogen (secondary N) is 1. The molecule has 4 aliphatic carbocycles. The van der Waals surface area contributed by atoms with Gasteiger partial charge in [-0.25, -0.2) is 4.98 Å². The number of pyridine rings is 1. The van der Waals surface area contributed by atoms with Crippen LogP contribution in [0.15, 0.2) is 24.4 Å². The Bertz CT molecular complexity index is 988. The van der Waals surface area contributed by atoms with E-state index in [1.807, 2.05) is 24.4 Å². The lowest BCUT2D eigenvalue weighted by molar-refractivity contribution is -0.000693. The Balaban J connectivity index is 1.24. The first-order chi connectivity index (χ1) is 13.7. The van der Waals surface area contributed by atoms with Gasteiger partial charge in [0.05, 0.1) is 5.52 Å². The van der Waals surface area contributed by atoms with Crippen molar-refractivity contribution in [3.63, 3.8) is 0 Å². The highest BCUT2D eigenvalue weighted by Gasteiger charge is 2.71. The quantitative estimate of drug-likeness (QED) is 0.890. The molecule has 5 aliphatic rings. The highest BCUT2D eigenvalue weighted by molar-refractivity contribution is 6.00. The maximum absolute atomic E-state index is 13.5. The summed E-state index contributed by atoms with van der Waals surface area (Å²) in [5, 5.41) is 3.56. The maximum Gasteiger partial charge on any atom is 0.272 e. The van der Waals surface area contributed by atoms with Gasteiger partial charge in [-0.3, -0.25) is 9.20 Å². The van der Waals surface area contributed by atoms with Gasteiger partial charge < -0.3 is 10.2 Å². The summed E-state index contributed by atoms with van der Waals surface area (Å²) in [6.07, 6.45) is 12.4. The molecule has 5 fully saturated rings. The molecule has 5 nitrogen and oxygen atoms in total. The number of nitrogens with zero attached hydrogens (tertiary/aromatic N) is 3. The number of hydrogen-bond donors (Lipinski definition) is 1. The van der Waals surface area contributed by atoms with Gasteiger partial charge in [-0.1, -0.05) is 6.07 Å². The molecule has 5 unspecified atom stereocenters. The van der Waals surface area contributed by atoms with Gasteiger partial charge in [0.2, 0.25) is 5.95 Å². The Kier molecular flexibility index (Phi) is 2.89. The Morgan fingerprint density at radius 1 is 1.11 bits per heavy atom. The van der Waals surface area contributed by atoms with Crippen LogP contribution in [0.25, 0.3) is 5.52 Å². The molecule has 7 rings (SSSR count). The number of carbonyl (C=O) groups is 1. The molecule has 1 aliphatic heterocycles. The summed E-state index contributed by atoms with van der Waals surface area (Å²) < 4.78 is 2.11. The molecule has 4 saturated carbocycles. The molecule has 0 radical (unpaired) electrons. The highest BCUT2D eigenvalue weighted by Crippen LogP contribution is 2.76. The summed E-state index contributed by atoms with van der Waals surface area (Å²) in [6.45, 7) is 2.07. The molecular formula is C23H28N4O. The summed E-state index contributed by atoms with van der Waals surface area (Å²) >= 11 is 0. The van der Waals surface area contributed by atoms with Crippen molar-refractivity contribution >= 4 is 17.4 Å². The minimum absolute atomic E-state index is 0.0362. The van der Waals surface area contributed by atoms with Crippen molar-refractivity contribution in [2.24, 2.45) is 23.2 Å². The van der Waals surface area contributed by atoms with Crippen LogP contribution >= 0.6 is 0 Å². The minimum Gasteiger partial charge on any atom is -0.345 e. The SMILES string of the molecule is O=C(NC12CC3CC4CC(C1)C4(C3)C2)c1nc(N2CCCC2)n2ccccc12. The monoisotopic (exact) mass is 376 g/mol. The number of fused-ring (bicyclic) bond motifs is 3. The van der Waals surface area contributed by atoms with Crippen LogP contribution in [0.1, 0.15) is 61.9 Å². The molecule has 5 atom stereocenters. The summed E-state index contributed by atoms with van der Waals surface area (Å²) in [4.78, 5) is 20.7. The standard InChI is InChI=1S/C23H28N4O/c28-20(25-22-11-15-9-16-10-17(13-22)23(16,12-15)14-22)19-18-5-1-2-8-27(18)21(24-19)26-6-3-4-7-26/h1-2,5,8,15-17H,3-4,6-7,9-14H2,(H,25,28). The molecule has 1 spiro atoms. The number of rotatable bonds is 3. The first-order valence-corrected chi connectivity index (χ1v) is 11.2. The lowest BCUT2D eigenvalue weighted by Gasteiger charge is -2.49. The second-order valence-electron chi connectivity index (χ2n) is 10.4. The fraction of sp³-hybridized carbons (Fsp3) is 0.652. The normalized spacial score (nSPS) is 40.1. The molecule has 1 amide bonds. The van der Waals surface area contributed by atoms with Gasteiger partial charge in [0.25, 0.3) is 5.91 Å². The van der Waals surface area contributed by atoms with Crippen LogP contribution in [0.3, 0.4) is 0 Å². The van der Waals surface area contributed by atoms with E-state index >= 15 is 0 Å². The van der Waals surface area contributed by atoms with E-state index in [0.29, 0.717) is 11.1 Å². The molecular weight excluding hydrogens is 348 g/mol. The van der Waals surface area contributed by atoms with Crippen molar-refractivity contribution in [2.45, 2.75) is 56.9 Å². The third kappa shape index (κ3) is 1.88. The van der Waals surface area contributed by atoms with Crippen molar-refractivity contribution in [1.29, 1.82) is 0 Å². The van der Waals surface area contributed by atoms with Gasteiger partial charge in [-0.15, -0.1) is 0 Å². The van der Waals surface area contributed by atoms with Crippen LogP contribution in [0, 0.1) is 23.2 Å². The van der Waals surface area contributed by atoms with Crippen molar-refractivity contribution < 1.29 is 4.79 Å². The van der Waals surface area contributed by atoms with Crippen molar-refractivity contribution in [2.75, 3.05) is 18.0 Å². The summed E-state index contributed by atoms with van der Waals surface area (Å²) in [5.74, 6) is 3.64. The molecule has 3 bridgehead atoms. The second-order valence-corrected chi connectivity index (χ2v) is 10.4. The van der Waals surface area contributed by atoms with Gasteiger partial charge in [0.1, 0.15) is 0 Å². The fourth-order valence-corrected chi connectivity index (χ4v) is 8.13. The predicted molar refractivity (Wildman–Crippen MR) is 107 cm³/mol. The third-order valence-electron chi connectivity index (χ3n) is 8.98. The van der Waals surface area contributed by atoms with E-state index in [0.717, 1.165) is 42.3 Å². The van der Waals surface area contributed by atoms with E-state index in [9.17, 15) is 4.79 Å². The average molecular weight is 377 g/mol. The molecule has 2 aromatic heterocycles.